The smallest absolute Gasteiger partial charge is 0.254 e. The summed E-state index contributed by atoms with van der Waals surface area (Å²) < 4.78 is 0. The van der Waals surface area contributed by atoms with E-state index in [2.05, 4.69) is 0 Å². The van der Waals surface area contributed by atoms with E-state index in [1.54, 1.807) is 30.7 Å². The van der Waals surface area contributed by atoms with Crippen LogP contribution in [0, 0.1) is 0 Å². The fraction of sp³-hybridized carbons (Fsp3) is 0.579. The summed E-state index contributed by atoms with van der Waals surface area (Å²) in [4.78, 5) is 28.4. The van der Waals surface area contributed by atoms with E-state index in [0.717, 1.165) is 12.0 Å². The van der Waals surface area contributed by atoms with Gasteiger partial charge in [0.05, 0.1) is 5.60 Å². The summed E-state index contributed by atoms with van der Waals surface area (Å²) in [5.74, 6) is -0.0729. The molecule has 0 aliphatic carbocycles. The lowest BCUT2D eigenvalue weighted by Crippen LogP contribution is -2.57. The van der Waals surface area contributed by atoms with Gasteiger partial charge in [0.2, 0.25) is 5.91 Å². The molecule has 1 atom stereocenters. The van der Waals surface area contributed by atoms with Gasteiger partial charge in [-0.1, -0.05) is 19.1 Å². The van der Waals surface area contributed by atoms with Crippen LogP contribution in [0.4, 0.5) is 0 Å². The molecule has 0 radical (unpaired) electrons. The molecule has 1 N–H and O–H groups in total. The van der Waals surface area contributed by atoms with Gasteiger partial charge in [-0.15, -0.1) is 0 Å². The number of piperazine rings is 1. The summed E-state index contributed by atoms with van der Waals surface area (Å²) in [5.41, 5.74) is 1.01. The predicted molar refractivity (Wildman–Crippen MR) is 93.8 cm³/mol. The van der Waals surface area contributed by atoms with E-state index < -0.39 is 5.60 Å². The number of aryl methyl sites for hydroxylation is 1. The molecule has 0 bridgehead atoms. The fourth-order valence-corrected chi connectivity index (χ4v) is 2.98. The van der Waals surface area contributed by atoms with Crippen LogP contribution in [-0.4, -0.2) is 58.5 Å². The van der Waals surface area contributed by atoms with Crippen LogP contribution in [0.2, 0.25) is 0 Å². The van der Waals surface area contributed by atoms with Crippen LogP contribution in [0.15, 0.2) is 24.3 Å². The molecule has 1 aromatic carbocycles. The quantitative estimate of drug-likeness (QED) is 0.898. The summed E-state index contributed by atoms with van der Waals surface area (Å²) in [6.45, 7) is 6.66. The number of benzene rings is 1. The van der Waals surface area contributed by atoms with E-state index in [-0.39, 0.29) is 17.9 Å². The van der Waals surface area contributed by atoms with E-state index >= 15 is 0 Å². The minimum atomic E-state index is -0.691. The first-order valence-electron chi connectivity index (χ1n) is 8.60. The van der Waals surface area contributed by atoms with E-state index in [4.69, 9.17) is 0 Å². The van der Waals surface area contributed by atoms with Crippen LogP contribution in [0.25, 0.3) is 0 Å². The van der Waals surface area contributed by atoms with Gasteiger partial charge >= 0.3 is 0 Å². The molecule has 2 rings (SSSR count). The Morgan fingerprint density at radius 3 is 2.42 bits per heavy atom. The second-order valence-corrected chi connectivity index (χ2v) is 7.19. The van der Waals surface area contributed by atoms with Gasteiger partial charge in [0.1, 0.15) is 6.04 Å². The normalized spacial score (nSPS) is 18.9. The van der Waals surface area contributed by atoms with Crippen molar-refractivity contribution in [1.82, 2.24) is 9.80 Å². The molecule has 2 amide bonds. The van der Waals surface area contributed by atoms with Crippen molar-refractivity contribution in [2.75, 3.05) is 20.1 Å². The summed E-state index contributed by atoms with van der Waals surface area (Å²) >= 11 is 0. The predicted octanol–water partition coefficient (Wildman–Crippen LogP) is 2.08. The number of carbonyl (C=O) groups excluding carboxylic acids is 2. The lowest BCUT2D eigenvalue weighted by Gasteiger charge is -2.38. The number of hydrogen-bond acceptors (Lipinski definition) is 3. The summed E-state index contributed by atoms with van der Waals surface area (Å²) in [6, 6.07) is 7.12. The molecule has 1 saturated heterocycles. The van der Waals surface area contributed by atoms with Crippen molar-refractivity contribution in [3.63, 3.8) is 0 Å². The van der Waals surface area contributed by atoms with Crippen LogP contribution < -0.4 is 0 Å². The third-order valence-corrected chi connectivity index (χ3v) is 4.59. The number of aliphatic hydroxyl groups is 1. The zero-order valence-electron chi connectivity index (χ0n) is 15.1. The van der Waals surface area contributed by atoms with Gasteiger partial charge < -0.3 is 14.9 Å². The monoisotopic (exact) mass is 332 g/mol. The zero-order valence-corrected chi connectivity index (χ0v) is 15.1. The molecule has 0 saturated carbocycles. The molecular weight excluding hydrogens is 304 g/mol. The topological polar surface area (TPSA) is 60.9 Å². The first kappa shape index (κ1) is 18.5. The maximum absolute atomic E-state index is 12.8. The van der Waals surface area contributed by atoms with Crippen LogP contribution >= 0.6 is 0 Å². The van der Waals surface area contributed by atoms with Crippen molar-refractivity contribution in [2.24, 2.45) is 0 Å². The van der Waals surface area contributed by atoms with Crippen LogP contribution in [0.5, 0.6) is 0 Å². The molecule has 1 fully saturated rings. The van der Waals surface area contributed by atoms with Crippen molar-refractivity contribution in [1.29, 1.82) is 0 Å². The highest BCUT2D eigenvalue weighted by molar-refractivity contribution is 5.98. The lowest BCUT2D eigenvalue weighted by atomic mass is 9.98. The van der Waals surface area contributed by atoms with Crippen LogP contribution in [-0.2, 0) is 11.2 Å². The largest absolute Gasteiger partial charge is 0.390 e. The molecule has 1 aliphatic rings. The first-order chi connectivity index (χ1) is 11.2. The third-order valence-electron chi connectivity index (χ3n) is 4.59. The molecule has 1 aliphatic heterocycles. The number of amides is 2. The van der Waals surface area contributed by atoms with Crippen molar-refractivity contribution < 1.29 is 14.7 Å². The van der Waals surface area contributed by atoms with Crippen molar-refractivity contribution in [2.45, 2.75) is 51.7 Å². The van der Waals surface area contributed by atoms with E-state index in [9.17, 15) is 14.7 Å². The highest BCUT2D eigenvalue weighted by Gasteiger charge is 2.34. The molecule has 132 valence electrons. The average molecular weight is 332 g/mol. The van der Waals surface area contributed by atoms with Crippen LogP contribution in [0.3, 0.4) is 0 Å². The Balaban J connectivity index is 2.08. The van der Waals surface area contributed by atoms with Gasteiger partial charge in [-0.2, -0.15) is 0 Å². The van der Waals surface area contributed by atoms with Gasteiger partial charge in [0.25, 0.3) is 5.91 Å². The van der Waals surface area contributed by atoms with Crippen molar-refractivity contribution in [3.05, 3.63) is 35.4 Å². The number of likely N-dealkylation sites (N-methyl/N-ethyl adjacent to an activating group) is 1. The number of hydrogen-bond donors (Lipinski definition) is 1. The minimum absolute atomic E-state index is 0.0129. The number of nitrogens with zero attached hydrogens (tertiary/aromatic N) is 2. The maximum atomic E-state index is 12.8. The Hall–Kier alpha value is -1.88. The van der Waals surface area contributed by atoms with Gasteiger partial charge in [-0.05, 0) is 50.8 Å². The number of rotatable bonds is 5. The first-order valence-corrected chi connectivity index (χ1v) is 8.60. The molecule has 1 aromatic rings. The highest BCUT2D eigenvalue weighted by Crippen LogP contribution is 2.18. The number of carbonyl (C=O) groups is 2. The highest BCUT2D eigenvalue weighted by atomic mass is 16.3. The maximum Gasteiger partial charge on any atom is 0.254 e. The molecular formula is C19H28N2O3. The third kappa shape index (κ3) is 4.35. The molecule has 5 nitrogen and oxygen atoms in total. The Morgan fingerprint density at radius 2 is 1.88 bits per heavy atom. The second kappa shape index (κ2) is 7.34. The average Bonchev–Trinajstić information content (AvgIpc) is 2.54. The van der Waals surface area contributed by atoms with Gasteiger partial charge in [0.15, 0.2) is 0 Å². The van der Waals surface area contributed by atoms with E-state index in [1.807, 2.05) is 31.2 Å². The lowest BCUT2D eigenvalue weighted by molar-refractivity contribution is -0.138. The zero-order chi connectivity index (χ0) is 17.9. The molecule has 1 heterocycles. The Bertz CT molecular complexity index is 590. The van der Waals surface area contributed by atoms with Crippen LogP contribution in [0.1, 0.15) is 49.5 Å². The fourth-order valence-electron chi connectivity index (χ4n) is 2.98. The van der Waals surface area contributed by atoms with Gasteiger partial charge in [-0.25, -0.2) is 0 Å². The summed E-state index contributed by atoms with van der Waals surface area (Å²) in [7, 11) is 1.78. The Morgan fingerprint density at radius 1 is 1.25 bits per heavy atom. The van der Waals surface area contributed by atoms with E-state index in [1.165, 1.54) is 0 Å². The van der Waals surface area contributed by atoms with Gasteiger partial charge in [0, 0.05) is 25.7 Å². The molecule has 0 spiro atoms. The van der Waals surface area contributed by atoms with Crippen molar-refractivity contribution >= 4 is 11.8 Å². The SMILES string of the molecule is CC[C@H]1C(=O)N(C)CCN1C(=O)c1ccc(CCC(C)(C)O)cc1. The molecule has 24 heavy (non-hydrogen) atoms. The standard InChI is InChI=1S/C19H28N2O3/c1-5-16-18(23)20(4)12-13-21(16)17(22)15-8-6-14(7-9-15)10-11-19(2,3)24/h6-9,16,24H,5,10-13H2,1-4H3/t16-/m0/s1. The Kier molecular flexibility index (Phi) is 5.65. The summed E-state index contributed by atoms with van der Waals surface area (Å²) in [6.07, 6.45) is 2.06. The van der Waals surface area contributed by atoms with Crippen molar-refractivity contribution in [3.8, 4) is 0 Å². The second-order valence-electron chi connectivity index (χ2n) is 7.19. The molecule has 0 aromatic heterocycles. The summed E-state index contributed by atoms with van der Waals surface area (Å²) in [5, 5.41) is 9.80. The Labute approximate surface area is 144 Å². The molecule has 5 heteroatoms. The van der Waals surface area contributed by atoms with E-state index in [0.29, 0.717) is 31.5 Å². The molecule has 0 unspecified atom stereocenters. The van der Waals surface area contributed by atoms with Gasteiger partial charge in [-0.3, -0.25) is 9.59 Å². The minimum Gasteiger partial charge on any atom is -0.390 e.